The number of amides is 2. The number of fused-ring (bicyclic) bond motifs is 2. The molecular weight excluding hydrogens is 742 g/mol. The van der Waals surface area contributed by atoms with E-state index in [4.69, 9.17) is 0 Å². The smallest absolute Gasteiger partial charge is 0.229 e. The second kappa shape index (κ2) is 17.5. The van der Waals surface area contributed by atoms with Crippen LogP contribution in [0.25, 0.3) is 21.8 Å². The van der Waals surface area contributed by atoms with Gasteiger partial charge in [0.1, 0.15) is 30.9 Å². The molecule has 1 unspecified atom stereocenters. The van der Waals surface area contributed by atoms with E-state index in [9.17, 15) is 45.8 Å². The average Bonchev–Trinajstić information content (AvgIpc) is 3.15. The van der Waals surface area contributed by atoms with Crippen molar-refractivity contribution in [3.8, 4) is 0 Å². The third-order valence-electron chi connectivity index (χ3n) is 7.84. The summed E-state index contributed by atoms with van der Waals surface area (Å²) in [5, 5.41) is 16.4. The molecule has 2 amide bonds. The zero-order chi connectivity index (χ0) is 41.5. The molecule has 56 heavy (non-hydrogen) atoms. The van der Waals surface area contributed by atoms with Gasteiger partial charge in [-0.05, 0) is 35.9 Å². The van der Waals surface area contributed by atoms with Crippen LogP contribution in [-0.2, 0) is 9.59 Å². The lowest BCUT2D eigenvalue weighted by Gasteiger charge is -2.20. The topological polar surface area (TPSA) is 147 Å². The summed E-state index contributed by atoms with van der Waals surface area (Å²) in [6.07, 6.45) is 5.01. The van der Waals surface area contributed by atoms with E-state index in [-0.39, 0.29) is 11.3 Å². The number of carbonyl (C=O) groups excluding carboxylic acids is 3. The van der Waals surface area contributed by atoms with Crippen LogP contribution in [0.1, 0.15) is 69.1 Å². The maximum absolute atomic E-state index is 14.9. The third kappa shape index (κ3) is 10.5. The fourth-order valence-electron chi connectivity index (χ4n) is 4.61. The molecular formula is C40H36F6N6O4. The van der Waals surface area contributed by atoms with E-state index >= 15 is 0 Å². The fraction of sp³-hybridized carbons (Fsp3) is 0.225. The standard InChI is InChI=1S/C20H18F3N3O2.C11H12F3NO.C9H6N2O/c1-20(2,3)19(28)26-14-7-12(21)16(22)15(17(14)23)18(27)10-4-5-13-11(6-10)8-24-9-25-13;1-11(2,3)10(16)15-9-5-7(13)6(12)4-8(9)14;12-5-7-1-2-9-8(3-7)4-10-6-11-9/h4-9,18,27H,1-3H3,(H,26,28);4-5H,1-3H3,(H,15,16);1-6H. The van der Waals surface area contributed by atoms with Crippen molar-refractivity contribution in [1.29, 1.82) is 0 Å². The molecule has 292 valence electrons. The second-order valence-corrected chi connectivity index (χ2v) is 14.3. The van der Waals surface area contributed by atoms with Gasteiger partial charge in [0.05, 0.1) is 28.0 Å². The summed E-state index contributed by atoms with van der Waals surface area (Å²) >= 11 is 0. The number of carbonyl (C=O) groups is 3. The van der Waals surface area contributed by atoms with Gasteiger partial charge in [0.2, 0.25) is 11.8 Å². The van der Waals surface area contributed by atoms with Gasteiger partial charge in [0.25, 0.3) is 0 Å². The number of nitrogens with zero attached hydrogens (tertiary/aromatic N) is 4. The number of aromatic nitrogens is 4. The molecule has 0 fully saturated rings. The molecule has 6 rings (SSSR count). The summed E-state index contributed by atoms with van der Waals surface area (Å²) in [7, 11) is 0. The SMILES string of the molecule is CC(C)(C)C(=O)Nc1cc(F)c(F)c(C(O)c2ccc3ncncc3c2)c1F.CC(C)(C)C(=O)Nc1cc(F)c(F)cc1F.O=Cc1ccc2ncncc2c1. The molecule has 2 heterocycles. The predicted molar refractivity (Wildman–Crippen MR) is 197 cm³/mol. The van der Waals surface area contributed by atoms with Gasteiger partial charge in [0.15, 0.2) is 29.1 Å². The highest BCUT2D eigenvalue weighted by molar-refractivity contribution is 5.95. The fourth-order valence-corrected chi connectivity index (χ4v) is 4.61. The minimum absolute atomic E-state index is 0.124. The van der Waals surface area contributed by atoms with Gasteiger partial charge in [-0.1, -0.05) is 47.6 Å². The van der Waals surface area contributed by atoms with Gasteiger partial charge in [-0.3, -0.25) is 14.4 Å². The van der Waals surface area contributed by atoms with Crippen molar-refractivity contribution in [1.82, 2.24) is 19.9 Å². The van der Waals surface area contributed by atoms with Crippen molar-refractivity contribution in [2.75, 3.05) is 10.6 Å². The third-order valence-corrected chi connectivity index (χ3v) is 7.84. The number of aliphatic hydroxyl groups excluding tert-OH is 1. The Bertz CT molecular complexity index is 2420. The molecule has 2 aromatic heterocycles. The van der Waals surface area contributed by atoms with E-state index in [1.807, 2.05) is 0 Å². The van der Waals surface area contributed by atoms with Crippen molar-refractivity contribution in [2.24, 2.45) is 10.8 Å². The van der Waals surface area contributed by atoms with Crippen LogP contribution in [0.15, 0.2) is 79.6 Å². The molecule has 6 aromatic rings. The summed E-state index contributed by atoms with van der Waals surface area (Å²) in [6.45, 7) is 9.65. The second-order valence-electron chi connectivity index (χ2n) is 14.3. The van der Waals surface area contributed by atoms with E-state index in [0.29, 0.717) is 34.7 Å². The molecule has 0 spiro atoms. The van der Waals surface area contributed by atoms with Gasteiger partial charge in [-0.2, -0.15) is 0 Å². The Balaban J connectivity index is 0.000000208. The van der Waals surface area contributed by atoms with Crippen LogP contribution in [0, 0.1) is 45.7 Å². The van der Waals surface area contributed by atoms with Crippen molar-refractivity contribution in [2.45, 2.75) is 47.6 Å². The number of aliphatic hydroxyl groups is 1. The van der Waals surface area contributed by atoms with Crippen LogP contribution in [0.3, 0.4) is 0 Å². The van der Waals surface area contributed by atoms with Crippen molar-refractivity contribution < 1.29 is 45.8 Å². The largest absolute Gasteiger partial charge is 0.383 e. The summed E-state index contributed by atoms with van der Waals surface area (Å²) in [4.78, 5) is 49.8. The molecule has 0 saturated carbocycles. The van der Waals surface area contributed by atoms with E-state index in [2.05, 4.69) is 30.6 Å². The van der Waals surface area contributed by atoms with Crippen molar-refractivity contribution in [3.05, 3.63) is 131 Å². The molecule has 0 aliphatic heterocycles. The lowest BCUT2D eigenvalue weighted by atomic mass is 9.95. The van der Waals surface area contributed by atoms with Crippen LogP contribution in [0.4, 0.5) is 37.7 Å². The Morgan fingerprint density at radius 1 is 0.643 bits per heavy atom. The molecule has 10 nitrogen and oxygen atoms in total. The monoisotopic (exact) mass is 778 g/mol. The van der Waals surface area contributed by atoms with Gasteiger partial charge >= 0.3 is 0 Å². The number of anilines is 2. The normalized spacial score (nSPS) is 11.8. The van der Waals surface area contributed by atoms with Crippen LogP contribution >= 0.6 is 0 Å². The Morgan fingerprint density at radius 3 is 1.70 bits per heavy atom. The molecule has 0 aliphatic rings. The minimum atomic E-state index is -1.80. The number of halogens is 6. The molecule has 4 aromatic carbocycles. The van der Waals surface area contributed by atoms with Crippen LogP contribution in [0.2, 0.25) is 0 Å². The van der Waals surface area contributed by atoms with E-state index in [0.717, 1.165) is 17.2 Å². The Kier molecular flexibility index (Phi) is 13.2. The summed E-state index contributed by atoms with van der Waals surface area (Å²) in [5.41, 5.74) is -1.21. The van der Waals surface area contributed by atoms with E-state index < -0.39 is 74.9 Å². The average molecular weight is 779 g/mol. The highest BCUT2D eigenvalue weighted by atomic mass is 19.2. The highest BCUT2D eigenvalue weighted by Crippen LogP contribution is 2.34. The first-order valence-electron chi connectivity index (χ1n) is 16.7. The summed E-state index contributed by atoms with van der Waals surface area (Å²) in [5.74, 6) is -8.70. The van der Waals surface area contributed by atoms with Crippen molar-refractivity contribution >= 4 is 51.3 Å². The molecule has 0 radical (unpaired) electrons. The first-order valence-corrected chi connectivity index (χ1v) is 16.7. The Labute approximate surface area is 317 Å². The number of hydrogen-bond donors (Lipinski definition) is 3. The molecule has 0 aliphatic carbocycles. The number of rotatable bonds is 5. The molecule has 16 heteroatoms. The number of aldehydes is 1. The highest BCUT2D eigenvalue weighted by Gasteiger charge is 2.29. The summed E-state index contributed by atoms with van der Waals surface area (Å²) in [6, 6.07) is 11.3. The van der Waals surface area contributed by atoms with Crippen molar-refractivity contribution in [3.63, 3.8) is 0 Å². The minimum Gasteiger partial charge on any atom is -0.383 e. The molecule has 0 saturated heterocycles. The molecule has 3 N–H and O–H groups in total. The first-order chi connectivity index (χ1) is 26.2. The summed E-state index contributed by atoms with van der Waals surface area (Å²) < 4.78 is 81.9. The maximum Gasteiger partial charge on any atom is 0.229 e. The molecule has 1 atom stereocenters. The zero-order valence-corrected chi connectivity index (χ0v) is 30.9. The van der Waals surface area contributed by atoms with Gasteiger partial charge in [-0.25, -0.2) is 46.3 Å². The quantitative estimate of drug-likeness (QED) is 0.0896. The number of nitrogens with one attached hydrogen (secondary N) is 2. The maximum atomic E-state index is 14.9. The van der Waals surface area contributed by atoms with Gasteiger partial charge in [-0.15, -0.1) is 0 Å². The first kappa shape index (κ1) is 42.5. The Morgan fingerprint density at radius 2 is 1.14 bits per heavy atom. The van der Waals surface area contributed by atoms with Crippen LogP contribution in [-0.4, -0.2) is 43.1 Å². The van der Waals surface area contributed by atoms with Crippen LogP contribution < -0.4 is 10.6 Å². The Hall–Kier alpha value is -6.29. The van der Waals surface area contributed by atoms with E-state index in [1.165, 1.54) is 31.0 Å². The number of benzene rings is 4. The lowest BCUT2D eigenvalue weighted by Crippen LogP contribution is -2.28. The number of hydrogen-bond acceptors (Lipinski definition) is 8. The lowest BCUT2D eigenvalue weighted by molar-refractivity contribution is -0.123. The van der Waals surface area contributed by atoms with Gasteiger partial charge in [0, 0.05) is 57.8 Å². The molecule has 0 bridgehead atoms. The van der Waals surface area contributed by atoms with E-state index in [1.54, 1.807) is 72.0 Å². The predicted octanol–water partition coefficient (Wildman–Crippen LogP) is 8.64. The zero-order valence-electron chi connectivity index (χ0n) is 30.9. The van der Waals surface area contributed by atoms with Crippen LogP contribution in [0.5, 0.6) is 0 Å². The van der Waals surface area contributed by atoms with Gasteiger partial charge < -0.3 is 15.7 Å².